The van der Waals surface area contributed by atoms with Gasteiger partial charge in [0.2, 0.25) is 0 Å². The van der Waals surface area contributed by atoms with E-state index in [0.717, 1.165) is 22.0 Å². The second kappa shape index (κ2) is 4.53. The molecule has 0 amide bonds. The molecule has 0 radical (unpaired) electrons. The lowest BCUT2D eigenvalue weighted by molar-refractivity contribution is 0.166. The molecule has 3 heteroatoms. The van der Waals surface area contributed by atoms with Gasteiger partial charge in [0.25, 0.3) is 0 Å². The Labute approximate surface area is 106 Å². The highest BCUT2D eigenvalue weighted by Crippen LogP contribution is 2.46. The summed E-state index contributed by atoms with van der Waals surface area (Å²) in [4.78, 5) is 0. The van der Waals surface area contributed by atoms with Gasteiger partial charge in [-0.05, 0) is 42.4 Å². The van der Waals surface area contributed by atoms with E-state index in [-0.39, 0.29) is 5.41 Å². The highest BCUT2D eigenvalue weighted by molar-refractivity contribution is 6.36. The lowest BCUT2D eigenvalue weighted by Gasteiger charge is -2.40. The summed E-state index contributed by atoms with van der Waals surface area (Å²) >= 11 is 18.3. The molecule has 15 heavy (non-hydrogen) atoms. The maximum atomic E-state index is 6.15. The third kappa shape index (κ3) is 2.27. The predicted molar refractivity (Wildman–Crippen MR) is 67.2 cm³/mol. The van der Waals surface area contributed by atoms with Crippen LogP contribution in [-0.4, -0.2) is 5.88 Å². The Morgan fingerprint density at radius 3 is 2.13 bits per heavy atom. The fourth-order valence-electron chi connectivity index (χ4n) is 2.11. The van der Waals surface area contributed by atoms with Gasteiger partial charge >= 0.3 is 0 Å². The fourth-order valence-corrected chi connectivity index (χ4v) is 3.00. The minimum atomic E-state index is 0.246. The highest BCUT2D eigenvalue weighted by Gasteiger charge is 2.37. The topological polar surface area (TPSA) is 0 Å². The summed E-state index contributed by atoms with van der Waals surface area (Å²) in [5, 5.41) is 1.53. The Kier molecular flexibility index (Phi) is 3.49. The van der Waals surface area contributed by atoms with Crippen molar-refractivity contribution in [1.82, 2.24) is 0 Å². The molecule has 1 aliphatic carbocycles. The summed E-state index contributed by atoms with van der Waals surface area (Å²) < 4.78 is 0. The minimum absolute atomic E-state index is 0.246. The first kappa shape index (κ1) is 11.6. The van der Waals surface area contributed by atoms with E-state index in [1.807, 2.05) is 18.2 Å². The van der Waals surface area contributed by atoms with Gasteiger partial charge in [0.05, 0.1) is 0 Å². The minimum Gasteiger partial charge on any atom is -0.126 e. The quantitative estimate of drug-likeness (QED) is 0.677. The molecular formula is C12H13Cl3. The van der Waals surface area contributed by atoms with E-state index >= 15 is 0 Å². The molecule has 0 aromatic heterocycles. The molecule has 0 heterocycles. The zero-order valence-electron chi connectivity index (χ0n) is 8.40. The van der Waals surface area contributed by atoms with Crippen LogP contribution in [0.25, 0.3) is 0 Å². The van der Waals surface area contributed by atoms with Crippen molar-refractivity contribution in [2.75, 3.05) is 5.88 Å². The number of hydrogen-bond donors (Lipinski definition) is 0. The van der Waals surface area contributed by atoms with Crippen molar-refractivity contribution < 1.29 is 0 Å². The van der Waals surface area contributed by atoms with E-state index in [1.165, 1.54) is 19.3 Å². The predicted octanol–water partition coefficient (Wildman–Crippen LogP) is 4.95. The molecule has 1 aromatic rings. The van der Waals surface area contributed by atoms with Crippen LogP contribution in [-0.2, 0) is 6.42 Å². The molecule has 0 spiro atoms. The Balaban J connectivity index is 2.23. The molecule has 0 aliphatic heterocycles. The molecular weight excluding hydrogens is 250 g/mol. The molecule has 0 saturated heterocycles. The van der Waals surface area contributed by atoms with Gasteiger partial charge in [-0.1, -0.05) is 35.7 Å². The third-order valence-electron chi connectivity index (χ3n) is 3.31. The maximum absolute atomic E-state index is 6.15. The van der Waals surface area contributed by atoms with Gasteiger partial charge in [-0.2, -0.15) is 0 Å². The van der Waals surface area contributed by atoms with Gasteiger partial charge in [0.15, 0.2) is 0 Å². The standard InChI is InChI=1S/C12H13Cl3/c13-8-12(5-2-6-12)7-9-10(14)3-1-4-11(9)15/h1,3-4H,2,5-8H2. The Morgan fingerprint density at radius 1 is 1.13 bits per heavy atom. The highest BCUT2D eigenvalue weighted by atomic mass is 35.5. The summed E-state index contributed by atoms with van der Waals surface area (Å²) in [7, 11) is 0. The van der Waals surface area contributed by atoms with Crippen LogP contribution >= 0.6 is 34.8 Å². The number of hydrogen-bond acceptors (Lipinski definition) is 0. The number of rotatable bonds is 3. The van der Waals surface area contributed by atoms with Crippen molar-refractivity contribution in [3.05, 3.63) is 33.8 Å². The molecule has 0 nitrogen and oxygen atoms in total. The van der Waals surface area contributed by atoms with E-state index in [1.54, 1.807) is 0 Å². The van der Waals surface area contributed by atoms with Crippen LogP contribution in [0.1, 0.15) is 24.8 Å². The zero-order valence-corrected chi connectivity index (χ0v) is 10.7. The van der Waals surface area contributed by atoms with E-state index < -0.39 is 0 Å². The van der Waals surface area contributed by atoms with E-state index in [2.05, 4.69) is 0 Å². The first-order valence-electron chi connectivity index (χ1n) is 5.16. The molecule has 1 aliphatic rings. The van der Waals surface area contributed by atoms with Crippen molar-refractivity contribution in [3.63, 3.8) is 0 Å². The van der Waals surface area contributed by atoms with Crippen LogP contribution in [0.3, 0.4) is 0 Å². The van der Waals surface area contributed by atoms with Crippen molar-refractivity contribution in [2.45, 2.75) is 25.7 Å². The molecule has 0 unspecified atom stereocenters. The van der Waals surface area contributed by atoms with Gasteiger partial charge in [-0.25, -0.2) is 0 Å². The van der Waals surface area contributed by atoms with Gasteiger partial charge in [-0.15, -0.1) is 11.6 Å². The summed E-state index contributed by atoms with van der Waals surface area (Å²) in [5.41, 5.74) is 1.30. The average molecular weight is 264 g/mol. The summed E-state index contributed by atoms with van der Waals surface area (Å²) in [6.45, 7) is 0. The monoisotopic (exact) mass is 262 g/mol. The maximum Gasteiger partial charge on any atom is 0.0453 e. The number of alkyl halides is 1. The lowest BCUT2D eigenvalue weighted by atomic mass is 9.67. The molecule has 0 atom stereocenters. The van der Waals surface area contributed by atoms with Crippen LogP contribution in [0.4, 0.5) is 0 Å². The van der Waals surface area contributed by atoms with Crippen LogP contribution in [0.5, 0.6) is 0 Å². The first-order chi connectivity index (χ1) is 7.17. The molecule has 0 bridgehead atoms. The lowest BCUT2D eigenvalue weighted by Crippen LogP contribution is -2.33. The summed E-state index contributed by atoms with van der Waals surface area (Å²) in [6.07, 6.45) is 4.57. The van der Waals surface area contributed by atoms with E-state index in [9.17, 15) is 0 Å². The molecule has 2 rings (SSSR count). The molecule has 1 fully saturated rings. The first-order valence-corrected chi connectivity index (χ1v) is 6.45. The average Bonchev–Trinajstić information content (AvgIpc) is 2.15. The van der Waals surface area contributed by atoms with Crippen LogP contribution in [0.15, 0.2) is 18.2 Å². The summed E-state index contributed by atoms with van der Waals surface area (Å²) in [5.74, 6) is 0.703. The van der Waals surface area contributed by atoms with Gasteiger partial charge in [0, 0.05) is 15.9 Å². The zero-order chi connectivity index (χ0) is 10.9. The number of halogens is 3. The van der Waals surface area contributed by atoms with Gasteiger partial charge < -0.3 is 0 Å². The Hall–Kier alpha value is 0.0900. The molecule has 1 saturated carbocycles. The molecule has 0 N–H and O–H groups in total. The normalized spacial score (nSPS) is 18.6. The van der Waals surface area contributed by atoms with Crippen LogP contribution in [0.2, 0.25) is 10.0 Å². The third-order valence-corrected chi connectivity index (χ3v) is 4.59. The van der Waals surface area contributed by atoms with Gasteiger partial charge in [-0.3, -0.25) is 0 Å². The van der Waals surface area contributed by atoms with Gasteiger partial charge in [0.1, 0.15) is 0 Å². The van der Waals surface area contributed by atoms with Crippen LogP contribution in [0, 0.1) is 5.41 Å². The second-order valence-corrected chi connectivity index (χ2v) is 5.45. The molecule has 82 valence electrons. The Morgan fingerprint density at radius 2 is 1.73 bits per heavy atom. The van der Waals surface area contributed by atoms with E-state index in [4.69, 9.17) is 34.8 Å². The second-order valence-electron chi connectivity index (χ2n) is 4.36. The van der Waals surface area contributed by atoms with Crippen molar-refractivity contribution >= 4 is 34.8 Å². The van der Waals surface area contributed by atoms with Crippen molar-refractivity contribution in [1.29, 1.82) is 0 Å². The van der Waals surface area contributed by atoms with E-state index in [0.29, 0.717) is 5.88 Å². The van der Waals surface area contributed by atoms with Crippen molar-refractivity contribution in [3.8, 4) is 0 Å². The smallest absolute Gasteiger partial charge is 0.0453 e. The SMILES string of the molecule is ClCC1(Cc2c(Cl)cccc2Cl)CCC1. The fraction of sp³-hybridized carbons (Fsp3) is 0.500. The molecule has 1 aromatic carbocycles. The van der Waals surface area contributed by atoms with Crippen molar-refractivity contribution in [2.24, 2.45) is 5.41 Å². The largest absolute Gasteiger partial charge is 0.126 e. The Bertz CT molecular complexity index is 330. The van der Waals surface area contributed by atoms with Crippen LogP contribution < -0.4 is 0 Å². The number of benzene rings is 1. The summed E-state index contributed by atoms with van der Waals surface area (Å²) in [6, 6.07) is 5.66.